The summed E-state index contributed by atoms with van der Waals surface area (Å²) in [5, 5.41) is 3.82. The van der Waals surface area contributed by atoms with Crippen LogP contribution in [0.15, 0.2) is 28.7 Å². The average molecular weight is 339 g/mol. The van der Waals surface area contributed by atoms with Gasteiger partial charge in [0.1, 0.15) is 0 Å². The summed E-state index contributed by atoms with van der Waals surface area (Å²) in [6.07, 6.45) is 2.36. The Kier molecular flexibility index (Phi) is 5.14. The lowest BCUT2D eigenvalue weighted by Gasteiger charge is -2.50. The molecule has 2 nitrogen and oxygen atoms in total. The van der Waals surface area contributed by atoms with E-state index in [1.165, 1.54) is 18.5 Å². The maximum absolute atomic E-state index is 3.82. The Morgan fingerprint density at radius 3 is 2.35 bits per heavy atom. The Bertz CT molecular complexity index is 423. The molecule has 1 unspecified atom stereocenters. The molecular weight excluding hydrogens is 312 g/mol. The molecule has 1 heterocycles. The van der Waals surface area contributed by atoms with Gasteiger partial charge in [-0.05, 0) is 43.0 Å². The van der Waals surface area contributed by atoms with Crippen molar-refractivity contribution in [2.24, 2.45) is 5.92 Å². The first kappa shape index (κ1) is 15.8. The first-order chi connectivity index (χ1) is 9.51. The summed E-state index contributed by atoms with van der Waals surface area (Å²) in [7, 11) is 0. The number of nitrogens with zero attached hydrogens (tertiary/aromatic N) is 1. The van der Waals surface area contributed by atoms with Crippen LogP contribution in [0.1, 0.15) is 40.5 Å². The third-order valence-corrected chi connectivity index (χ3v) is 5.37. The molecule has 1 aliphatic heterocycles. The van der Waals surface area contributed by atoms with E-state index in [4.69, 9.17) is 0 Å². The smallest absolute Gasteiger partial charge is 0.0438 e. The summed E-state index contributed by atoms with van der Waals surface area (Å²) >= 11 is 3.53. The highest BCUT2D eigenvalue weighted by atomic mass is 79.9. The van der Waals surface area contributed by atoms with E-state index in [0.29, 0.717) is 12.0 Å². The summed E-state index contributed by atoms with van der Waals surface area (Å²) in [6.45, 7) is 11.4. The summed E-state index contributed by atoms with van der Waals surface area (Å²) in [6, 6.07) is 9.34. The van der Waals surface area contributed by atoms with E-state index >= 15 is 0 Å². The molecule has 1 aliphatic rings. The highest BCUT2D eigenvalue weighted by molar-refractivity contribution is 9.10. The van der Waals surface area contributed by atoms with E-state index in [1.807, 2.05) is 0 Å². The zero-order valence-corrected chi connectivity index (χ0v) is 14.7. The lowest BCUT2D eigenvalue weighted by molar-refractivity contribution is 0.227. The minimum absolute atomic E-state index is 0.262. The van der Waals surface area contributed by atoms with Gasteiger partial charge in [0.25, 0.3) is 0 Å². The molecule has 0 spiro atoms. The first-order valence-electron chi connectivity index (χ1n) is 7.78. The molecule has 1 fully saturated rings. The Morgan fingerprint density at radius 2 is 1.85 bits per heavy atom. The van der Waals surface area contributed by atoms with Crippen molar-refractivity contribution < 1.29 is 0 Å². The number of rotatable bonds is 4. The molecule has 3 heteroatoms. The van der Waals surface area contributed by atoms with E-state index in [-0.39, 0.29) is 5.54 Å². The zero-order chi connectivity index (χ0) is 14.8. The van der Waals surface area contributed by atoms with Crippen molar-refractivity contribution in [1.82, 2.24) is 5.32 Å². The number of nitrogens with one attached hydrogen (secondary N) is 1. The number of hydrogen-bond acceptors (Lipinski definition) is 2. The summed E-state index contributed by atoms with van der Waals surface area (Å²) in [4.78, 5) is 2.61. The van der Waals surface area contributed by atoms with Gasteiger partial charge in [0.05, 0.1) is 0 Å². The molecule has 0 bridgehead atoms. The molecule has 1 saturated heterocycles. The molecule has 112 valence electrons. The van der Waals surface area contributed by atoms with Crippen LogP contribution in [-0.2, 0) is 0 Å². The van der Waals surface area contributed by atoms with Crippen LogP contribution in [0.5, 0.6) is 0 Å². The lowest BCUT2D eigenvalue weighted by atomic mass is 9.86. The largest absolute Gasteiger partial charge is 0.365 e. The van der Waals surface area contributed by atoms with Gasteiger partial charge in [0, 0.05) is 34.8 Å². The van der Waals surface area contributed by atoms with Crippen LogP contribution < -0.4 is 10.2 Å². The summed E-state index contributed by atoms with van der Waals surface area (Å²) in [5.41, 5.74) is 1.61. The monoisotopic (exact) mass is 338 g/mol. The summed E-state index contributed by atoms with van der Waals surface area (Å²) in [5.74, 6) is 0.651. The van der Waals surface area contributed by atoms with Gasteiger partial charge in [-0.1, -0.05) is 43.6 Å². The Labute approximate surface area is 132 Å². The minimum atomic E-state index is 0.262. The summed E-state index contributed by atoms with van der Waals surface area (Å²) < 4.78 is 1.15. The number of hydrogen-bond donors (Lipinski definition) is 1. The van der Waals surface area contributed by atoms with Gasteiger partial charge in [-0.25, -0.2) is 0 Å². The molecule has 0 saturated carbocycles. The molecule has 1 N–H and O–H groups in total. The lowest BCUT2D eigenvalue weighted by Crippen LogP contribution is -2.65. The van der Waals surface area contributed by atoms with Gasteiger partial charge in [0.2, 0.25) is 0 Å². The molecule has 20 heavy (non-hydrogen) atoms. The van der Waals surface area contributed by atoms with Crippen molar-refractivity contribution in [1.29, 1.82) is 0 Å². The second-order valence-electron chi connectivity index (χ2n) is 6.28. The van der Waals surface area contributed by atoms with Gasteiger partial charge < -0.3 is 10.2 Å². The van der Waals surface area contributed by atoms with Crippen molar-refractivity contribution >= 4 is 21.6 Å². The molecule has 2 rings (SSSR count). The predicted molar refractivity (Wildman–Crippen MR) is 91.4 cm³/mol. The fourth-order valence-electron chi connectivity index (χ4n) is 3.17. The van der Waals surface area contributed by atoms with Gasteiger partial charge in [-0.3, -0.25) is 0 Å². The maximum Gasteiger partial charge on any atom is 0.0438 e. The van der Waals surface area contributed by atoms with E-state index < -0.39 is 0 Å². The molecule has 0 aliphatic carbocycles. The molecule has 0 radical (unpaired) electrons. The van der Waals surface area contributed by atoms with Crippen molar-refractivity contribution in [3.8, 4) is 0 Å². The van der Waals surface area contributed by atoms with Gasteiger partial charge in [-0.15, -0.1) is 0 Å². The quantitative estimate of drug-likeness (QED) is 0.872. The van der Waals surface area contributed by atoms with Gasteiger partial charge in [0.15, 0.2) is 0 Å². The molecule has 1 aromatic rings. The van der Waals surface area contributed by atoms with Crippen molar-refractivity contribution in [2.75, 3.05) is 18.0 Å². The van der Waals surface area contributed by atoms with Crippen molar-refractivity contribution in [2.45, 2.75) is 52.1 Å². The standard InChI is InChI=1S/C17H27BrN2/c1-5-17(6-2)12-20(16(11-19-17)13(3)4)15-9-7-14(18)8-10-15/h7-10,13,16,19H,5-6,11-12H2,1-4H3. The van der Waals surface area contributed by atoms with E-state index in [9.17, 15) is 0 Å². The number of piperazine rings is 1. The van der Waals surface area contributed by atoms with E-state index in [0.717, 1.165) is 17.6 Å². The van der Waals surface area contributed by atoms with E-state index in [2.05, 4.69) is 78.1 Å². The Hall–Kier alpha value is -0.540. The maximum atomic E-state index is 3.82. The highest BCUT2D eigenvalue weighted by Crippen LogP contribution is 2.30. The van der Waals surface area contributed by atoms with Crippen LogP contribution in [-0.4, -0.2) is 24.7 Å². The molecule has 1 atom stereocenters. The van der Waals surface area contributed by atoms with E-state index in [1.54, 1.807) is 0 Å². The van der Waals surface area contributed by atoms with Crippen LogP contribution in [0.3, 0.4) is 0 Å². The van der Waals surface area contributed by atoms with Crippen LogP contribution in [0.2, 0.25) is 0 Å². The fourth-order valence-corrected chi connectivity index (χ4v) is 3.43. The van der Waals surface area contributed by atoms with Crippen LogP contribution in [0.4, 0.5) is 5.69 Å². The Morgan fingerprint density at radius 1 is 1.25 bits per heavy atom. The molecule has 0 amide bonds. The van der Waals surface area contributed by atoms with Gasteiger partial charge in [-0.2, -0.15) is 0 Å². The molecular formula is C17H27BrN2. The normalized spacial score (nSPS) is 22.3. The predicted octanol–water partition coefficient (Wildman–Crippen LogP) is 4.44. The zero-order valence-electron chi connectivity index (χ0n) is 13.1. The van der Waals surface area contributed by atoms with Crippen LogP contribution in [0, 0.1) is 5.92 Å². The second-order valence-corrected chi connectivity index (χ2v) is 7.20. The third-order valence-electron chi connectivity index (χ3n) is 4.84. The first-order valence-corrected chi connectivity index (χ1v) is 8.58. The third kappa shape index (κ3) is 3.20. The number of anilines is 1. The average Bonchev–Trinajstić information content (AvgIpc) is 2.47. The number of halogens is 1. The van der Waals surface area contributed by atoms with Crippen molar-refractivity contribution in [3.05, 3.63) is 28.7 Å². The van der Waals surface area contributed by atoms with Gasteiger partial charge >= 0.3 is 0 Å². The van der Waals surface area contributed by atoms with Crippen LogP contribution in [0.25, 0.3) is 0 Å². The minimum Gasteiger partial charge on any atom is -0.365 e. The Balaban J connectivity index is 2.29. The highest BCUT2D eigenvalue weighted by Gasteiger charge is 2.37. The van der Waals surface area contributed by atoms with Crippen molar-refractivity contribution in [3.63, 3.8) is 0 Å². The topological polar surface area (TPSA) is 15.3 Å². The molecule has 0 aromatic heterocycles. The fraction of sp³-hybridized carbons (Fsp3) is 0.647. The molecule has 1 aromatic carbocycles. The SMILES string of the molecule is CCC1(CC)CN(c2ccc(Br)cc2)C(C(C)C)CN1. The number of benzene rings is 1. The van der Waals surface area contributed by atoms with Crippen LogP contribution >= 0.6 is 15.9 Å². The second kappa shape index (κ2) is 6.48.